The molecule has 0 aliphatic rings. The van der Waals surface area contributed by atoms with E-state index in [0.29, 0.717) is 12.1 Å². The molecule has 0 fully saturated rings. The van der Waals surface area contributed by atoms with Gasteiger partial charge in [0.25, 0.3) is 0 Å². The Hall–Kier alpha value is -1.85. The first kappa shape index (κ1) is 18.0. The molecule has 25 heavy (non-hydrogen) atoms. The average Bonchev–Trinajstić information content (AvgIpc) is 2.62. The summed E-state index contributed by atoms with van der Waals surface area (Å²) in [4.78, 5) is 0. The van der Waals surface area contributed by atoms with Gasteiger partial charge in [0.1, 0.15) is 18.2 Å². The van der Waals surface area contributed by atoms with Gasteiger partial charge in [0.15, 0.2) is 0 Å². The summed E-state index contributed by atoms with van der Waals surface area (Å²) in [5, 5.41) is 3.37. The minimum Gasteiger partial charge on any atom is -0.488 e. The summed E-state index contributed by atoms with van der Waals surface area (Å²) in [6.07, 6.45) is 0. The Morgan fingerprint density at radius 1 is 0.840 bits per heavy atom. The van der Waals surface area contributed by atoms with Crippen molar-refractivity contribution >= 4 is 37.5 Å². The van der Waals surface area contributed by atoms with Crippen LogP contribution >= 0.6 is 31.9 Å². The highest BCUT2D eigenvalue weighted by Gasteiger charge is 2.07. The molecule has 0 saturated heterocycles. The van der Waals surface area contributed by atoms with Crippen LogP contribution in [0.25, 0.3) is 0 Å². The number of halogens is 3. The molecule has 2 nitrogen and oxygen atoms in total. The van der Waals surface area contributed by atoms with E-state index in [0.717, 1.165) is 25.9 Å². The molecule has 0 bridgehead atoms. The summed E-state index contributed by atoms with van der Waals surface area (Å²) in [6, 6.07) is 20.4. The topological polar surface area (TPSA) is 21.3 Å². The zero-order valence-corrected chi connectivity index (χ0v) is 16.5. The third-order valence-corrected chi connectivity index (χ3v) is 4.71. The van der Waals surface area contributed by atoms with Gasteiger partial charge in [-0.2, -0.15) is 0 Å². The molecule has 0 heterocycles. The van der Waals surface area contributed by atoms with Gasteiger partial charge in [0.05, 0.1) is 0 Å². The van der Waals surface area contributed by atoms with Crippen molar-refractivity contribution in [1.82, 2.24) is 0 Å². The molecule has 0 atom stereocenters. The number of hydrogen-bond acceptors (Lipinski definition) is 2. The van der Waals surface area contributed by atoms with Gasteiger partial charge in [-0.1, -0.05) is 50.1 Å². The average molecular weight is 465 g/mol. The SMILES string of the molecule is Fc1ccccc1COc1ccc(Br)cc1CNc1ccc(Br)cc1. The van der Waals surface area contributed by atoms with Crippen molar-refractivity contribution in [1.29, 1.82) is 0 Å². The van der Waals surface area contributed by atoms with E-state index in [-0.39, 0.29) is 12.4 Å². The van der Waals surface area contributed by atoms with Crippen molar-refractivity contribution in [2.45, 2.75) is 13.2 Å². The first-order valence-corrected chi connectivity index (χ1v) is 9.34. The van der Waals surface area contributed by atoms with Gasteiger partial charge in [-0.3, -0.25) is 0 Å². The highest BCUT2D eigenvalue weighted by atomic mass is 79.9. The van der Waals surface area contributed by atoms with Gasteiger partial charge in [0, 0.05) is 32.3 Å². The van der Waals surface area contributed by atoms with Crippen LogP contribution in [0.2, 0.25) is 0 Å². The summed E-state index contributed by atoms with van der Waals surface area (Å²) in [5.74, 6) is 0.477. The van der Waals surface area contributed by atoms with Gasteiger partial charge in [-0.15, -0.1) is 0 Å². The molecule has 3 rings (SSSR count). The second kappa shape index (κ2) is 8.50. The Labute approximate surface area is 163 Å². The molecule has 0 spiro atoms. The Kier molecular flexibility index (Phi) is 6.10. The van der Waals surface area contributed by atoms with Crippen LogP contribution in [-0.2, 0) is 13.2 Å². The van der Waals surface area contributed by atoms with Crippen molar-refractivity contribution in [3.8, 4) is 5.75 Å². The van der Waals surface area contributed by atoms with Gasteiger partial charge in [-0.25, -0.2) is 4.39 Å². The standard InChI is InChI=1S/C20H16Br2FNO/c21-16-5-8-18(9-6-16)24-12-15-11-17(22)7-10-20(15)25-13-14-3-1-2-4-19(14)23/h1-11,24H,12-13H2. The van der Waals surface area contributed by atoms with Crippen LogP contribution in [-0.4, -0.2) is 0 Å². The fourth-order valence-corrected chi connectivity index (χ4v) is 3.04. The molecule has 0 amide bonds. The number of nitrogens with one attached hydrogen (secondary N) is 1. The minimum absolute atomic E-state index is 0.194. The summed E-state index contributed by atoms with van der Waals surface area (Å²) < 4.78 is 21.6. The van der Waals surface area contributed by atoms with Crippen molar-refractivity contribution in [2.24, 2.45) is 0 Å². The van der Waals surface area contributed by atoms with E-state index >= 15 is 0 Å². The molecule has 0 aliphatic heterocycles. The zero-order valence-electron chi connectivity index (χ0n) is 13.3. The van der Waals surface area contributed by atoms with E-state index in [2.05, 4.69) is 37.2 Å². The summed E-state index contributed by atoms with van der Waals surface area (Å²) >= 11 is 6.92. The smallest absolute Gasteiger partial charge is 0.129 e. The summed E-state index contributed by atoms with van der Waals surface area (Å²) in [6.45, 7) is 0.799. The lowest BCUT2D eigenvalue weighted by Crippen LogP contribution is -2.04. The minimum atomic E-state index is -0.255. The molecule has 5 heteroatoms. The molecule has 0 unspecified atom stereocenters. The summed E-state index contributed by atoms with van der Waals surface area (Å²) in [7, 11) is 0. The molecule has 0 saturated carbocycles. The number of hydrogen-bond donors (Lipinski definition) is 1. The Balaban J connectivity index is 1.71. The van der Waals surface area contributed by atoms with E-state index in [1.165, 1.54) is 6.07 Å². The van der Waals surface area contributed by atoms with Crippen LogP contribution in [0.15, 0.2) is 75.7 Å². The zero-order chi connectivity index (χ0) is 17.6. The maximum Gasteiger partial charge on any atom is 0.129 e. The van der Waals surface area contributed by atoms with E-state index in [4.69, 9.17) is 4.74 Å². The van der Waals surface area contributed by atoms with Gasteiger partial charge >= 0.3 is 0 Å². The number of rotatable bonds is 6. The van der Waals surface area contributed by atoms with Crippen molar-refractivity contribution in [3.05, 3.63) is 92.6 Å². The third-order valence-electron chi connectivity index (χ3n) is 3.69. The molecule has 3 aromatic rings. The molecular formula is C20H16Br2FNO. The summed E-state index contributed by atoms with van der Waals surface area (Å²) in [5.41, 5.74) is 2.55. The Bertz CT molecular complexity index is 853. The maximum absolute atomic E-state index is 13.8. The number of anilines is 1. The largest absolute Gasteiger partial charge is 0.488 e. The Morgan fingerprint density at radius 3 is 2.32 bits per heavy atom. The third kappa shape index (κ3) is 5.06. The second-order valence-corrected chi connectivity index (χ2v) is 7.32. The highest BCUT2D eigenvalue weighted by Crippen LogP contribution is 2.26. The molecule has 0 aromatic heterocycles. The van der Waals surface area contributed by atoms with Crippen molar-refractivity contribution in [3.63, 3.8) is 0 Å². The van der Waals surface area contributed by atoms with Crippen LogP contribution in [0, 0.1) is 5.82 Å². The Morgan fingerprint density at radius 2 is 1.56 bits per heavy atom. The van der Waals surface area contributed by atoms with Gasteiger partial charge in [-0.05, 0) is 48.5 Å². The predicted octanol–water partition coefficient (Wildman–Crippen LogP) is 6.54. The van der Waals surface area contributed by atoms with E-state index in [1.807, 2.05) is 42.5 Å². The second-order valence-electron chi connectivity index (χ2n) is 5.49. The van der Waals surface area contributed by atoms with Crippen LogP contribution < -0.4 is 10.1 Å². The van der Waals surface area contributed by atoms with Crippen LogP contribution in [0.5, 0.6) is 5.75 Å². The molecule has 3 aromatic carbocycles. The van der Waals surface area contributed by atoms with E-state index in [1.54, 1.807) is 18.2 Å². The first-order valence-electron chi connectivity index (χ1n) is 7.76. The lowest BCUT2D eigenvalue weighted by molar-refractivity contribution is 0.297. The van der Waals surface area contributed by atoms with Crippen molar-refractivity contribution < 1.29 is 9.13 Å². The molecule has 0 aliphatic carbocycles. The molecule has 1 N–H and O–H groups in total. The van der Waals surface area contributed by atoms with Gasteiger partial charge < -0.3 is 10.1 Å². The fourth-order valence-electron chi connectivity index (χ4n) is 2.36. The number of ether oxygens (including phenoxy) is 1. The highest BCUT2D eigenvalue weighted by molar-refractivity contribution is 9.10. The maximum atomic E-state index is 13.8. The van der Waals surface area contributed by atoms with Gasteiger partial charge in [0.2, 0.25) is 0 Å². The molecule has 0 radical (unpaired) electrons. The van der Waals surface area contributed by atoms with E-state index in [9.17, 15) is 4.39 Å². The lowest BCUT2D eigenvalue weighted by Gasteiger charge is -2.14. The van der Waals surface area contributed by atoms with Crippen molar-refractivity contribution in [2.75, 3.05) is 5.32 Å². The monoisotopic (exact) mass is 463 g/mol. The predicted molar refractivity (Wildman–Crippen MR) is 106 cm³/mol. The van der Waals surface area contributed by atoms with Crippen LogP contribution in [0.4, 0.5) is 10.1 Å². The lowest BCUT2D eigenvalue weighted by atomic mass is 10.2. The quantitative estimate of drug-likeness (QED) is 0.447. The fraction of sp³-hybridized carbons (Fsp3) is 0.100. The van der Waals surface area contributed by atoms with Crippen LogP contribution in [0.1, 0.15) is 11.1 Å². The molecule has 128 valence electrons. The first-order chi connectivity index (χ1) is 12.1. The van der Waals surface area contributed by atoms with E-state index < -0.39 is 0 Å². The number of benzene rings is 3. The molecular weight excluding hydrogens is 449 g/mol. The van der Waals surface area contributed by atoms with Crippen LogP contribution in [0.3, 0.4) is 0 Å². The normalized spacial score (nSPS) is 10.5.